The van der Waals surface area contributed by atoms with E-state index in [0.29, 0.717) is 6.42 Å². The van der Waals surface area contributed by atoms with Crippen LogP contribution in [-0.4, -0.2) is 35.1 Å². The van der Waals surface area contributed by atoms with Gasteiger partial charge < -0.3 is 10.0 Å². The first-order chi connectivity index (χ1) is 8.61. The SMILES string of the molecule is CN(C(=O)c1ccccc1F)[C@H]1CCCC[C@@H]1O. The highest BCUT2D eigenvalue weighted by atomic mass is 19.1. The van der Waals surface area contributed by atoms with Crippen molar-refractivity contribution in [3.05, 3.63) is 35.6 Å². The summed E-state index contributed by atoms with van der Waals surface area (Å²) in [7, 11) is 1.63. The van der Waals surface area contributed by atoms with Crippen LogP contribution in [-0.2, 0) is 0 Å². The largest absolute Gasteiger partial charge is 0.391 e. The molecule has 0 radical (unpaired) electrons. The summed E-state index contributed by atoms with van der Waals surface area (Å²) in [6.45, 7) is 0. The first-order valence-electron chi connectivity index (χ1n) is 6.31. The number of nitrogens with zero attached hydrogens (tertiary/aromatic N) is 1. The van der Waals surface area contributed by atoms with Gasteiger partial charge in [0.15, 0.2) is 0 Å². The number of carbonyl (C=O) groups excluding carboxylic acids is 1. The molecule has 18 heavy (non-hydrogen) atoms. The fourth-order valence-electron chi connectivity index (χ4n) is 2.52. The third kappa shape index (κ3) is 2.53. The molecule has 0 unspecified atom stereocenters. The lowest BCUT2D eigenvalue weighted by Crippen LogP contribution is -2.46. The molecule has 2 atom stereocenters. The molecule has 0 saturated heterocycles. The van der Waals surface area contributed by atoms with Gasteiger partial charge in [-0.05, 0) is 25.0 Å². The van der Waals surface area contributed by atoms with E-state index in [9.17, 15) is 14.3 Å². The average molecular weight is 251 g/mol. The Morgan fingerprint density at radius 3 is 2.67 bits per heavy atom. The second kappa shape index (κ2) is 5.48. The summed E-state index contributed by atoms with van der Waals surface area (Å²) >= 11 is 0. The highest BCUT2D eigenvalue weighted by Crippen LogP contribution is 2.24. The molecule has 0 spiro atoms. The molecule has 2 rings (SSSR count). The lowest BCUT2D eigenvalue weighted by atomic mass is 9.91. The van der Waals surface area contributed by atoms with Crippen LogP contribution in [0, 0.1) is 5.82 Å². The minimum Gasteiger partial charge on any atom is -0.391 e. The molecular weight excluding hydrogens is 233 g/mol. The van der Waals surface area contributed by atoms with Crippen molar-refractivity contribution >= 4 is 5.91 Å². The van der Waals surface area contributed by atoms with Crippen molar-refractivity contribution in [2.75, 3.05) is 7.05 Å². The number of aliphatic hydroxyl groups excluding tert-OH is 1. The second-order valence-corrected chi connectivity index (χ2v) is 4.82. The maximum Gasteiger partial charge on any atom is 0.256 e. The van der Waals surface area contributed by atoms with Gasteiger partial charge in [0.1, 0.15) is 5.82 Å². The zero-order chi connectivity index (χ0) is 13.1. The zero-order valence-corrected chi connectivity index (χ0v) is 10.5. The summed E-state index contributed by atoms with van der Waals surface area (Å²) in [4.78, 5) is 13.7. The van der Waals surface area contributed by atoms with Gasteiger partial charge in [0, 0.05) is 7.05 Å². The molecule has 0 aliphatic heterocycles. The molecule has 1 aromatic carbocycles. The van der Waals surface area contributed by atoms with Crippen LogP contribution in [0.25, 0.3) is 0 Å². The highest BCUT2D eigenvalue weighted by molar-refractivity contribution is 5.94. The van der Waals surface area contributed by atoms with E-state index >= 15 is 0 Å². The predicted octanol–water partition coefficient (Wildman–Crippen LogP) is 2.20. The number of benzene rings is 1. The standard InChI is InChI=1S/C14H18FNO2/c1-16(12-8-4-5-9-13(12)17)14(18)10-6-2-3-7-11(10)15/h2-3,6-7,12-13,17H,4-5,8-9H2,1H3/t12-,13-/m0/s1. The van der Waals surface area contributed by atoms with Crippen LogP contribution in [0.1, 0.15) is 36.0 Å². The maximum absolute atomic E-state index is 13.6. The minimum absolute atomic E-state index is 0.0674. The molecule has 1 aliphatic rings. The van der Waals surface area contributed by atoms with Crippen LogP contribution in [0.5, 0.6) is 0 Å². The van der Waals surface area contributed by atoms with E-state index < -0.39 is 11.9 Å². The second-order valence-electron chi connectivity index (χ2n) is 4.82. The van der Waals surface area contributed by atoms with Gasteiger partial charge in [-0.2, -0.15) is 0 Å². The lowest BCUT2D eigenvalue weighted by Gasteiger charge is -2.35. The topological polar surface area (TPSA) is 40.5 Å². The van der Waals surface area contributed by atoms with Crippen molar-refractivity contribution in [3.8, 4) is 0 Å². The number of halogens is 1. The Labute approximate surface area is 106 Å². The summed E-state index contributed by atoms with van der Waals surface area (Å²) in [5, 5.41) is 9.92. The molecule has 98 valence electrons. The van der Waals surface area contributed by atoms with Crippen molar-refractivity contribution in [1.29, 1.82) is 0 Å². The number of carbonyl (C=O) groups is 1. The number of amides is 1. The Morgan fingerprint density at radius 2 is 2.00 bits per heavy atom. The monoisotopic (exact) mass is 251 g/mol. The molecule has 1 N–H and O–H groups in total. The number of rotatable bonds is 2. The molecule has 1 aliphatic carbocycles. The summed E-state index contributed by atoms with van der Waals surface area (Å²) < 4.78 is 13.6. The third-order valence-corrected chi connectivity index (χ3v) is 3.62. The van der Waals surface area contributed by atoms with E-state index in [1.54, 1.807) is 19.2 Å². The Balaban J connectivity index is 2.16. The van der Waals surface area contributed by atoms with Crippen LogP contribution >= 0.6 is 0 Å². The predicted molar refractivity (Wildman–Crippen MR) is 66.8 cm³/mol. The fourth-order valence-corrected chi connectivity index (χ4v) is 2.52. The quantitative estimate of drug-likeness (QED) is 0.875. The molecule has 4 heteroatoms. The maximum atomic E-state index is 13.6. The molecule has 1 amide bonds. The van der Waals surface area contributed by atoms with Crippen molar-refractivity contribution in [2.24, 2.45) is 0 Å². The molecular formula is C14H18FNO2. The summed E-state index contributed by atoms with van der Waals surface area (Å²) in [6, 6.07) is 5.75. The summed E-state index contributed by atoms with van der Waals surface area (Å²) in [5.74, 6) is -0.876. The molecule has 0 bridgehead atoms. The Kier molecular flexibility index (Phi) is 3.97. The Morgan fingerprint density at radius 1 is 1.33 bits per heavy atom. The van der Waals surface area contributed by atoms with Crippen molar-refractivity contribution in [2.45, 2.75) is 37.8 Å². The van der Waals surface area contributed by atoms with Crippen molar-refractivity contribution in [3.63, 3.8) is 0 Å². The number of hydrogen-bond donors (Lipinski definition) is 1. The molecule has 1 fully saturated rings. The minimum atomic E-state index is -0.514. The zero-order valence-electron chi connectivity index (χ0n) is 10.5. The van der Waals surface area contributed by atoms with Gasteiger partial charge in [-0.3, -0.25) is 4.79 Å². The lowest BCUT2D eigenvalue weighted by molar-refractivity contribution is 0.0265. The van der Waals surface area contributed by atoms with Gasteiger partial charge in [0.25, 0.3) is 5.91 Å². The molecule has 1 aromatic rings. The Bertz CT molecular complexity index is 436. The third-order valence-electron chi connectivity index (χ3n) is 3.62. The van der Waals surface area contributed by atoms with E-state index in [1.165, 1.54) is 17.0 Å². The van der Waals surface area contributed by atoms with Crippen molar-refractivity contribution in [1.82, 2.24) is 4.90 Å². The smallest absolute Gasteiger partial charge is 0.256 e. The summed E-state index contributed by atoms with van der Waals surface area (Å²) in [5.41, 5.74) is 0.0674. The first kappa shape index (κ1) is 13.0. The number of likely N-dealkylation sites (N-methyl/N-ethyl adjacent to an activating group) is 1. The van der Waals surface area contributed by atoms with E-state index in [0.717, 1.165) is 19.3 Å². The van der Waals surface area contributed by atoms with Crippen LogP contribution in [0.15, 0.2) is 24.3 Å². The van der Waals surface area contributed by atoms with Gasteiger partial charge in [0.2, 0.25) is 0 Å². The van der Waals surface area contributed by atoms with Crippen LogP contribution in [0.3, 0.4) is 0 Å². The number of hydrogen-bond acceptors (Lipinski definition) is 2. The van der Waals surface area contributed by atoms with Gasteiger partial charge in [-0.1, -0.05) is 25.0 Å². The van der Waals surface area contributed by atoms with Crippen LogP contribution in [0.2, 0.25) is 0 Å². The normalized spacial score (nSPS) is 23.7. The number of aliphatic hydroxyl groups is 1. The van der Waals surface area contributed by atoms with Crippen LogP contribution < -0.4 is 0 Å². The highest BCUT2D eigenvalue weighted by Gasteiger charge is 2.30. The van der Waals surface area contributed by atoms with E-state index in [4.69, 9.17) is 0 Å². The van der Waals surface area contributed by atoms with Crippen molar-refractivity contribution < 1.29 is 14.3 Å². The van der Waals surface area contributed by atoms with Gasteiger partial charge >= 0.3 is 0 Å². The van der Waals surface area contributed by atoms with Gasteiger partial charge in [-0.25, -0.2) is 4.39 Å². The van der Waals surface area contributed by atoms with E-state index in [1.807, 2.05) is 0 Å². The first-order valence-corrected chi connectivity index (χ1v) is 6.31. The summed E-state index contributed by atoms with van der Waals surface area (Å²) in [6.07, 6.45) is 2.97. The van der Waals surface area contributed by atoms with Gasteiger partial charge in [0.05, 0.1) is 17.7 Å². The molecule has 0 heterocycles. The average Bonchev–Trinajstić information content (AvgIpc) is 2.38. The van der Waals surface area contributed by atoms with E-state index in [-0.39, 0.29) is 17.5 Å². The molecule has 3 nitrogen and oxygen atoms in total. The Hall–Kier alpha value is -1.42. The molecule has 1 saturated carbocycles. The van der Waals surface area contributed by atoms with E-state index in [2.05, 4.69) is 0 Å². The van der Waals surface area contributed by atoms with Crippen LogP contribution in [0.4, 0.5) is 4.39 Å². The fraction of sp³-hybridized carbons (Fsp3) is 0.500. The molecule has 0 aromatic heterocycles. The van der Waals surface area contributed by atoms with Gasteiger partial charge in [-0.15, -0.1) is 0 Å².